The standard InChI is InChI=1S/C18H22ClN3O3/c1-4-25-16(23)6-5-11-20-18(24)14-7-9-15(10-8-14)22-13(3)17(19)12(2)21-22/h7-10H,4-6,11H2,1-3H3,(H,20,24). The van der Waals surface area contributed by atoms with E-state index >= 15 is 0 Å². The molecule has 1 aromatic carbocycles. The molecule has 0 aliphatic rings. The second kappa shape index (κ2) is 8.67. The Kier molecular flexibility index (Phi) is 6.58. The fraction of sp³-hybridized carbons (Fsp3) is 0.389. The molecule has 0 unspecified atom stereocenters. The quantitative estimate of drug-likeness (QED) is 0.605. The van der Waals surface area contributed by atoms with Gasteiger partial charge in [0, 0.05) is 18.5 Å². The zero-order valence-electron chi connectivity index (χ0n) is 14.6. The van der Waals surface area contributed by atoms with Crippen LogP contribution in [-0.4, -0.2) is 34.8 Å². The molecule has 1 aromatic heterocycles. The third-order valence-electron chi connectivity index (χ3n) is 3.73. The van der Waals surface area contributed by atoms with Crippen molar-refractivity contribution in [3.05, 3.63) is 46.2 Å². The van der Waals surface area contributed by atoms with Gasteiger partial charge in [0.25, 0.3) is 5.91 Å². The average molecular weight is 364 g/mol. The second-order valence-corrected chi connectivity index (χ2v) is 5.99. The molecule has 0 atom stereocenters. The number of hydrogen-bond donors (Lipinski definition) is 1. The fourth-order valence-corrected chi connectivity index (χ4v) is 2.52. The van der Waals surface area contributed by atoms with Crippen molar-refractivity contribution in [3.8, 4) is 5.69 Å². The summed E-state index contributed by atoms with van der Waals surface area (Å²) in [6.07, 6.45) is 0.846. The van der Waals surface area contributed by atoms with Crippen molar-refractivity contribution in [2.45, 2.75) is 33.6 Å². The molecule has 0 saturated heterocycles. The van der Waals surface area contributed by atoms with Crippen molar-refractivity contribution in [1.29, 1.82) is 0 Å². The lowest BCUT2D eigenvalue weighted by atomic mass is 10.2. The van der Waals surface area contributed by atoms with Crippen LogP contribution in [-0.2, 0) is 9.53 Å². The summed E-state index contributed by atoms with van der Waals surface area (Å²) in [4.78, 5) is 23.3. The van der Waals surface area contributed by atoms with Gasteiger partial charge >= 0.3 is 5.97 Å². The molecular formula is C18H22ClN3O3. The lowest BCUT2D eigenvalue weighted by Gasteiger charge is -2.07. The highest BCUT2D eigenvalue weighted by Gasteiger charge is 2.11. The number of nitrogens with zero attached hydrogens (tertiary/aromatic N) is 2. The van der Waals surface area contributed by atoms with Gasteiger partial charge in [-0.25, -0.2) is 4.68 Å². The number of carbonyl (C=O) groups excluding carboxylic acids is 2. The van der Waals surface area contributed by atoms with Crippen molar-refractivity contribution in [2.75, 3.05) is 13.2 Å². The monoisotopic (exact) mass is 363 g/mol. The molecule has 2 aromatic rings. The van der Waals surface area contributed by atoms with E-state index in [-0.39, 0.29) is 11.9 Å². The second-order valence-electron chi connectivity index (χ2n) is 5.61. The molecule has 0 aliphatic heterocycles. The Balaban J connectivity index is 1.92. The van der Waals surface area contributed by atoms with Crippen LogP contribution in [0.15, 0.2) is 24.3 Å². The molecule has 0 radical (unpaired) electrons. The van der Waals surface area contributed by atoms with E-state index in [1.807, 2.05) is 26.0 Å². The molecule has 0 spiro atoms. The van der Waals surface area contributed by atoms with Crippen LogP contribution in [0.25, 0.3) is 5.69 Å². The molecule has 0 aliphatic carbocycles. The first-order chi connectivity index (χ1) is 11.9. The molecule has 7 heteroatoms. The number of esters is 1. The number of halogens is 1. The van der Waals surface area contributed by atoms with E-state index in [1.54, 1.807) is 23.7 Å². The van der Waals surface area contributed by atoms with E-state index in [4.69, 9.17) is 16.3 Å². The molecule has 1 heterocycles. The predicted octanol–water partition coefficient (Wildman–Crippen LogP) is 3.22. The summed E-state index contributed by atoms with van der Waals surface area (Å²) in [6.45, 7) is 6.31. The summed E-state index contributed by atoms with van der Waals surface area (Å²) in [7, 11) is 0. The molecule has 6 nitrogen and oxygen atoms in total. The van der Waals surface area contributed by atoms with Gasteiger partial charge in [-0.15, -0.1) is 0 Å². The van der Waals surface area contributed by atoms with Crippen LogP contribution in [0.5, 0.6) is 0 Å². The van der Waals surface area contributed by atoms with Gasteiger partial charge in [0.1, 0.15) is 0 Å². The number of benzene rings is 1. The van der Waals surface area contributed by atoms with Crippen LogP contribution in [0.4, 0.5) is 0 Å². The van der Waals surface area contributed by atoms with Crippen molar-refractivity contribution in [2.24, 2.45) is 0 Å². The van der Waals surface area contributed by atoms with Crippen molar-refractivity contribution in [1.82, 2.24) is 15.1 Å². The number of aryl methyl sites for hydroxylation is 1. The lowest BCUT2D eigenvalue weighted by Crippen LogP contribution is -2.25. The van der Waals surface area contributed by atoms with E-state index in [0.717, 1.165) is 17.1 Å². The predicted molar refractivity (Wildman–Crippen MR) is 96.2 cm³/mol. The lowest BCUT2D eigenvalue weighted by molar-refractivity contribution is -0.143. The zero-order chi connectivity index (χ0) is 18.4. The highest BCUT2D eigenvalue weighted by atomic mass is 35.5. The molecule has 1 N–H and O–H groups in total. The van der Waals surface area contributed by atoms with Crippen molar-refractivity contribution in [3.63, 3.8) is 0 Å². The SMILES string of the molecule is CCOC(=O)CCCNC(=O)c1ccc(-n2nc(C)c(Cl)c2C)cc1. The summed E-state index contributed by atoms with van der Waals surface area (Å²) in [5.41, 5.74) is 3.01. The summed E-state index contributed by atoms with van der Waals surface area (Å²) in [6, 6.07) is 7.12. The molecule has 0 saturated carbocycles. The Hall–Kier alpha value is -2.34. The Morgan fingerprint density at radius 2 is 1.92 bits per heavy atom. The highest BCUT2D eigenvalue weighted by molar-refractivity contribution is 6.31. The van der Waals surface area contributed by atoms with Crippen LogP contribution in [0, 0.1) is 13.8 Å². The maximum Gasteiger partial charge on any atom is 0.305 e. The zero-order valence-corrected chi connectivity index (χ0v) is 15.4. The molecule has 2 rings (SSSR count). The van der Waals surface area contributed by atoms with Crippen LogP contribution in [0.3, 0.4) is 0 Å². The summed E-state index contributed by atoms with van der Waals surface area (Å²) >= 11 is 6.16. The van der Waals surface area contributed by atoms with E-state index in [1.165, 1.54) is 0 Å². The number of ether oxygens (including phenoxy) is 1. The molecule has 1 amide bonds. The Morgan fingerprint density at radius 1 is 1.24 bits per heavy atom. The minimum Gasteiger partial charge on any atom is -0.466 e. The smallest absolute Gasteiger partial charge is 0.305 e. The van der Waals surface area contributed by atoms with Gasteiger partial charge in [-0.1, -0.05) is 11.6 Å². The highest BCUT2D eigenvalue weighted by Crippen LogP contribution is 2.22. The van der Waals surface area contributed by atoms with E-state index < -0.39 is 0 Å². The first-order valence-corrected chi connectivity index (χ1v) is 8.57. The first-order valence-electron chi connectivity index (χ1n) is 8.20. The number of nitrogens with one attached hydrogen (secondary N) is 1. The minimum atomic E-state index is -0.246. The van der Waals surface area contributed by atoms with E-state index in [0.29, 0.717) is 36.6 Å². The Bertz CT molecular complexity index is 754. The largest absolute Gasteiger partial charge is 0.466 e. The Labute approximate surface area is 152 Å². The van der Waals surface area contributed by atoms with Gasteiger partial charge in [-0.05, 0) is 51.5 Å². The van der Waals surface area contributed by atoms with Crippen LogP contribution in [0.1, 0.15) is 41.5 Å². The number of hydrogen-bond acceptors (Lipinski definition) is 4. The molecule has 0 fully saturated rings. The fourth-order valence-electron chi connectivity index (χ4n) is 2.40. The van der Waals surface area contributed by atoms with Crippen molar-refractivity contribution >= 4 is 23.5 Å². The minimum absolute atomic E-state index is 0.179. The van der Waals surface area contributed by atoms with E-state index in [2.05, 4.69) is 10.4 Å². The number of rotatable bonds is 7. The van der Waals surface area contributed by atoms with Gasteiger partial charge in [0.05, 0.1) is 28.7 Å². The molecular weight excluding hydrogens is 342 g/mol. The van der Waals surface area contributed by atoms with Gasteiger partial charge in [0.15, 0.2) is 0 Å². The number of amides is 1. The van der Waals surface area contributed by atoms with Gasteiger partial charge in [0.2, 0.25) is 0 Å². The molecule has 0 bridgehead atoms. The third-order valence-corrected chi connectivity index (χ3v) is 4.27. The van der Waals surface area contributed by atoms with Crippen LogP contribution in [0.2, 0.25) is 5.02 Å². The Morgan fingerprint density at radius 3 is 2.48 bits per heavy atom. The van der Waals surface area contributed by atoms with Crippen LogP contribution >= 0.6 is 11.6 Å². The van der Waals surface area contributed by atoms with Crippen LogP contribution < -0.4 is 5.32 Å². The normalized spacial score (nSPS) is 10.6. The summed E-state index contributed by atoms with van der Waals surface area (Å²) < 4.78 is 6.59. The van der Waals surface area contributed by atoms with Gasteiger partial charge < -0.3 is 10.1 Å². The summed E-state index contributed by atoms with van der Waals surface area (Å²) in [5, 5.41) is 7.82. The molecule has 25 heavy (non-hydrogen) atoms. The summed E-state index contributed by atoms with van der Waals surface area (Å²) in [5.74, 6) is -0.425. The van der Waals surface area contributed by atoms with E-state index in [9.17, 15) is 9.59 Å². The maximum absolute atomic E-state index is 12.1. The maximum atomic E-state index is 12.1. The third kappa shape index (κ3) is 4.82. The molecule has 134 valence electrons. The number of aromatic nitrogens is 2. The average Bonchev–Trinajstić information content (AvgIpc) is 2.86. The van der Waals surface area contributed by atoms with Gasteiger partial charge in [-0.2, -0.15) is 5.10 Å². The topological polar surface area (TPSA) is 73.2 Å². The van der Waals surface area contributed by atoms with Gasteiger partial charge in [-0.3, -0.25) is 9.59 Å². The number of carbonyl (C=O) groups is 2. The first kappa shape index (κ1) is 19.0. The van der Waals surface area contributed by atoms with Crippen molar-refractivity contribution < 1.29 is 14.3 Å².